The number of amides is 1. The number of nitrogens with zero attached hydrogens (tertiary/aromatic N) is 2. The highest BCUT2D eigenvalue weighted by molar-refractivity contribution is 7.89. The molecule has 11 heteroatoms. The summed E-state index contributed by atoms with van der Waals surface area (Å²) in [4.78, 5) is 28.9. The smallest absolute Gasteiger partial charge is 0.325 e. The number of ether oxygens (including phenoxy) is 2. The van der Waals surface area contributed by atoms with Crippen LogP contribution in [0.3, 0.4) is 0 Å². The molecule has 2 aromatic carbocycles. The average molecular weight is 501 g/mol. The van der Waals surface area contributed by atoms with Crippen LogP contribution in [0.25, 0.3) is 0 Å². The molecule has 0 unspecified atom stereocenters. The molecule has 0 aliphatic heterocycles. The lowest BCUT2D eigenvalue weighted by atomic mass is 10.2. The number of rotatable bonds is 12. The van der Waals surface area contributed by atoms with Crippen molar-refractivity contribution in [1.82, 2.24) is 19.6 Å². The molecule has 0 radical (unpaired) electrons. The fraction of sp³-hybridized carbons (Fsp3) is 0.292. The van der Waals surface area contributed by atoms with E-state index in [0.29, 0.717) is 17.9 Å². The summed E-state index contributed by atoms with van der Waals surface area (Å²) in [5, 5.41) is 2.56. The van der Waals surface area contributed by atoms with Gasteiger partial charge >= 0.3 is 5.97 Å². The number of methoxy groups -OCH3 is 1. The number of esters is 1. The number of carbonyl (C=O) groups excluding carboxylic acids is 2. The molecule has 0 saturated heterocycles. The summed E-state index contributed by atoms with van der Waals surface area (Å²) in [5.74, 6) is -0.676. The maximum absolute atomic E-state index is 12.6. The quantitative estimate of drug-likeness (QED) is 0.286. The number of nitrogens with one attached hydrogen (secondary N) is 2. The Morgan fingerprint density at radius 3 is 2.43 bits per heavy atom. The van der Waals surface area contributed by atoms with Gasteiger partial charge in [-0.3, -0.25) is 9.59 Å². The first-order chi connectivity index (χ1) is 16.8. The van der Waals surface area contributed by atoms with Gasteiger partial charge in [0.1, 0.15) is 11.8 Å². The number of aryl methyl sites for hydroxylation is 2. The molecule has 0 spiro atoms. The van der Waals surface area contributed by atoms with Crippen molar-refractivity contribution in [2.24, 2.45) is 7.05 Å². The van der Waals surface area contributed by atoms with Gasteiger partial charge in [0, 0.05) is 25.4 Å². The van der Waals surface area contributed by atoms with Gasteiger partial charge in [-0.2, -0.15) is 4.72 Å². The average Bonchev–Trinajstić information content (AvgIpc) is 3.29. The largest absolute Gasteiger partial charge is 0.494 e. The lowest BCUT2D eigenvalue weighted by Gasteiger charge is -2.17. The van der Waals surface area contributed by atoms with Crippen molar-refractivity contribution in [2.75, 3.05) is 20.3 Å². The number of sulfonamides is 1. The first-order valence-electron chi connectivity index (χ1n) is 10.9. The highest BCUT2D eigenvalue weighted by Crippen LogP contribution is 2.13. The van der Waals surface area contributed by atoms with Crippen LogP contribution in [0.2, 0.25) is 0 Å². The van der Waals surface area contributed by atoms with Crippen LogP contribution in [0.5, 0.6) is 5.75 Å². The second-order valence-electron chi connectivity index (χ2n) is 7.73. The van der Waals surface area contributed by atoms with Crippen molar-refractivity contribution >= 4 is 21.9 Å². The Bertz CT molecular complexity index is 1230. The van der Waals surface area contributed by atoms with Crippen LogP contribution in [0.15, 0.2) is 72.0 Å². The lowest BCUT2D eigenvalue weighted by molar-refractivity contribution is -0.142. The minimum absolute atomic E-state index is 0.00384. The normalized spacial score (nSPS) is 12.1. The zero-order valence-corrected chi connectivity index (χ0v) is 20.3. The standard InChI is InChI=1S/C24H28N4O6S/c1-28-16-19(26-17-28)7-6-14-34-20-12-10-18(11-13-20)23(29)25-15-22(24(30)33-2)27-35(31,32)21-8-4-3-5-9-21/h3-5,8-13,16-17,22,27H,6-7,14-15H2,1-2H3,(H,25,29)/t22-/m0/s1. The summed E-state index contributed by atoms with van der Waals surface area (Å²) in [5.41, 5.74) is 1.33. The van der Waals surface area contributed by atoms with Gasteiger partial charge in [0.25, 0.3) is 5.91 Å². The molecular formula is C24H28N4O6S. The Morgan fingerprint density at radius 1 is 1.09 bits per heavy atom. The highest BCUT2D eigenvalue weighted by Gasteiger charge is 2.27. The molecule has 10 nitrogen and oxygen atoms in total. The lowest BCUT2D eigenvalue weighted by Crippen LogP contribution is -2.48. The van der Waals surface area contributed by atoms with Gasteiger partial charge in [-0.05, 0) is 49.2 Å². The Labute approximate surface area is 204 Å². The number of benzene rings is 2. The number of hydrogen-bond donors (Lipinski definition) is 2. The predicted octanol–water partition coefficient (Wildman–Crippen LogP) is 1.68. The van der Waals surface area contributed by atoms with Gasteiger partial charge in [0.15, 0.2) is 0 Å². The number of aromatic nitrogens is 2. The second-order valence-corrected chi connectivity index (χ2v) is 9.44. The van der Waals surface area contributed by atoms with Crippen LogP contribution >= 0.6 is 0 Å². The SMILES string of the molecule is COC(=O)[C@H](CNC(=O)c1ccc(OCCCc2cn(C)cn2)cc1)NS(=O)(=O)c1ccccc1. The Hall–Kier alpha value is -3.70. The van der Waals surface area contributed by atoms with E-state index in [1.165, 1.54) is 12.1 Å². The van der Waals surface area contributed by atoms with Gasteiger partial charge in [0.05, 0.1) is 30.6 Å². The van der Waals surface area contributed by atoms with Crippen molar-refractivity contribution in [3.63, 3.8) is 0 Å². The van der Waals surface area contributed by atoms with Crippen molar-refractivity contribution in [3.05, 3.63) is 78.4 Å². The molecule has 1 aromatic heterocycles. The monoisotopic (exact) mass is 500 g/mol. The van der Waals surface area contributed by atoms with E-state index in [-0.39, 0.29) is 11.4 Å². The Morgan fingerprint density at radius 2 is 1.80 bits per heavy atom. The van der Waals surface area contributed by atoms with E-state index in [9.17, 15) is 18.0 Å². The molecule has 3 aromatic rings. The second kappa shape index (κ2) is 12.1. The van der Waals surface area contributed by atoms with Crippen molar-refractivity contribution < 1.29 is 27.5 Å². The maximum atomic E-state index is 12.6. The summed E-state index contributed by atoms with van der Waals surface area (Å²) < 4.78 is 39.7. The first-order valence-corrected chi connectivity index (χ1v) is 12.4. The van der Waals surface area contributed by atoms with Crippen LogP contribution in [0.4, 0.5) is 0 Å². The van der Waals surface area contributed by atoms with Gasteiger partial charge in [-0.1, -0.05) is 18.2 Å². The van der Waals surface area contributed by atoms with E-state index >= 15 is 0 Å². The Balaban J connectivity index is 1.51. The van der Waals surface area contributed by atoms with E-state index in [2.05, 4.69) is 19.8 Å². The minimum atomic E-state index is -3.98. The molecule has 0 aliphatic carbocycles. The van der Waals surface area contributed by atoms with Crippen molar-refractivity contribution in [3.8, 4) is 5.75 Å². The third-order valence-electron chi connectivity index (χ3n) is 5.02. The zero-order valence-electron chi connectivity index (χ0n) is 19.5. The van der Waals surface area contributed by atoms with Crippen molar-refractivity contribution in [1.29, 1.82) is 0 Å². The summed E-state index contributed by atoms with van der Waals surface area (Å²) in [7, 11) is -0.922. The minimum Gasteiger partial charge on any atom is -0.494 e. The number of imidazole rings is 1. The molecule has 1 amide bonds. The first kappa shape index (κ1) is 25.9. The number of hydrogen-bond acceptors (Lipinski definition) is 7. The van der Waals surface area contributed by atoms with Crippen LogP contribution in [0.1, 0.15) is 22.5 Å². The zero-order chi connectivity index (χ0) is 25.3. The van der Waals surface area contributed by atoms with E-state index < -0.39 is 27.9 Å². The third-order valence-corrected chi connectivity index (χ3v) is 6.51. The molecular weight excluding hydrogens is 472 g/mol. The maximum Gasteiger partial charge on any atom is 0.325 e. The third kappa shape index (κ3) is 7.66. The molecule has 186 valence electrons. The fourth-order valence-electron chi connectivity index (χ4n) is 3.21. The van der Waals surface area contributed by atoms with Crippen LogP contribution in [-0.4, -0.2) is 56.1 Å². The van der Waals surface area contributed by atoms with E-state index in [1.54, 1.807) is 48.8 Å². The van der Waals surface area contributed by atoms with Crippen LogP contribution in [0, 0.1) is 0 Å². The molecule has 0 aliphatic rings. The molecule has 1 atom stereocenters. The Kier molecular flexibility index (Phi) is 8.98. The van der Waals surface area contributed by atoms with E-state index in [4.69, 9.17) is 4.74 Å². The van der Waals surface area contributed by atoms with Gasteiger partial charge in [-0.25, -0.2) is 13.4 Å². The molecule has 3 rings (SSSR count). The van der Waals surface area contributed by atoms with Gasteiger partial charge in [0.2, 0.25) is 10.0 Å². The molecule has 35 heavy (non-hydrogen) atoms. The van der Waals surface area contributed by atoms with Crippen LogP contribution in [-0.2, 0) is 33.0 Å². The predicted molar refractivity (Wildman–Crippen MR) is 128 cm³/mol. The summed E-state index contributed by atoms with van der Waals surface area (Å²) in [6.07, 6.45) is 5.32. The van der Waals surface area contributed by atoms with E-state index in [1.807, 2.05) is 17.8 Å². The van der Waals surface area contributed by atoms with Crippen molar-refractivity contribution in [2.45, 2.75) is 23.8 Å². The van der Waals surface area contributed by atoms with Crippen LogP contribution < -0.4 is 14.8 Å². The topological polar surface area (TPSA) is 129 Å². The summed E-state index contributed by atoms with van der Waals surface area (Å²) >= 11 is 0. The molecule has 1 heterocycles. The van der Waals surface area contributed by atoms with Gasteiger partial charge < -0.3 is 19.4 Å². The van der Waals surface area contributed by atoms with Gasteiger partial charge in [-0.15, -0.1) is 0 Å². The molecule has 0 fully saturated rings. The molecule has 0 bridgehead atoms. The highest BCUT2D eigenvalue weighted by atomic mass is 32.2. The summed E-state index contributed by atoms with van der Waals surface area (Å²) in [6, 6.07) is 12.8. The fourth-order valence-corrected chi connectivity index (χ4v) is 4.41. The molecule has 0 saturated carbocycles. The summed E-state index contributed by atoms with van der Waals surface area (Å²) in [6.45, 7) is 0.216. The van der Waals surface area contributed by atoms with E-state index in [0.717, 1.165) is 25.6 Å². The molecule has 2 N–H and O–H groups in total. The number of carbonyl (C=O) groups is 2.